The third-order valence-corrected chi connectivity index (χ3v) is 5.71. The van der Waals surface area contributed by atoms with Gasteiger partial charge >= 0.3 is 0 Å². The van der Waals surface area contributed by atoms with Crippen LogP contribution in [-0.4, -0.2) is 29.9 Å². The molecule has 2 bridgehead atoms. The third-order valence-electron chi connectivity index (χ3n) is 5.71. The van der Waals surface area contributed by atoms with E-state index in [-0.39, 0.29) is 11.7 Å². The Labute approximate surface area is 147 Å². The number of carbonyl (C=O) groups is 1. The third kappa shape index (κ3) is 3.01. The number of rotatable bonds is 3. The molecule has 1 unspecified atom stereocenters. The van der Waals surface area contributed by atoms with Gasteiger partial charge in [0.05, 0.1) is 0 Å². The lowest BCUT2D eigenvalue weighted by molar-refractivity contribution is 0.0571. The van der Waals surface area contributed by atoms with Gasteiger partial charge in [0.2, 0.25) is 0 Å². The molecule has 0 spiro atoms. The van der Waals surface area contributed by atoms with Crippen molar-refractivity contribution in [3.63, 3.8) is 0 Å². The number of nitrogens with one attached hydrogen (secondary N) is 1. The zero-order valence-electron chi connectivity index (χ0n) is 14.4. The minimum absolute atomic E-state index is 0.141. The molecule has 3 atom stereocenters. The highest BCUT2D eigenvalue weighted by molar-refractivity contribution is 5.95. The lowest BCUT2D eigenvalue weighted by atomic mass is 9.85. The van der Waals surface area contributed by atoms with Crippen molar-refractivity contribution in [2.45, 2.75) is 43.7 Å². The summed E-state index contributed by atoms with van der Waals surface area (Å²) in [5.41, 5.74) is 2.91. The Kier molecular flexibility index (Phi) is 4.20. The van der Waals surface area contributed by atoms with E-state index in [1.165, 1.54) is 17.7 Å². The van der Waals surface area contributed by atoms with E-state index in [0.29, 0.717) is 18.0 Å². The number of piperidine rings is 1. The van der Waals surface area contributed by atoms with Gasteiger partial charge in [0.15, 0.2) is 0 Å². The molecule has 0 aliphatic carbocycles. The summed E-state index contributed by atoms with van der Waals surface area (Å²) in [6.07, 6.45) is 4.08. The molecule has 0 saturated carbocycles. The topological polar surface area (TPSA) is 32.3 Å². The number of nitrogens with zero attached hydrogens (tertiary/aromatic N) is 1. The van der Waals surface area contributed by atoms with Crippen LogP contribution in [0, 0.1) is 5.82 Å². The van der Waals surface area contributed by atoms with Crippen LogP contribution in [0.2, 0.25) is 0 Å². The van der Waals surface area contributed by atoms with Crippen molar-refractivity contribution in [3.8, 4) is 0 Å². The van der Waals surface area contributed by atoms with Crippen molar-refractivity contribution in [1.29, 1.82) is 0 Å². The molecule has 1 N–H and O–H groups in total. The number of benzene rings is 2. The normalized spacial score (nSPS) is 25.0. The first-order chi connectivity index (χ1) is 12.2. The predicted molar refractivity (Wildman–Crippen MR) is 97.3 cm³/mol. The Morgan fingerprint density at radius 3 is 2.40 bits per heavy atom. The standard InChI is InChI=1S/C21H23FN2O/c1-23-18-4-2-3-15(11-18)21(25)24-19-9-10-20(24)13-16(12-19)14-5-7-17(22)8-6-14/h2-8,11,16,19-20,23H,9-10,12-13H2,1H3/t16?,19-,20+. The van der Waals surface area contributed by atoms with E-state index in [9.17, 15) is 9.18 Å². The van der Waals surface area contributed by atoms with E-state index < -0.39 is 0 Å². The maximum Gasteiger partial charge on any atom is 0.254 e. The highest BCUT2D eigenvalue weighted by Gasteiger charge is 2.43. The van der Waals surface area contributed by atoms with Gasteiger partial charge in [-0.3, -0.25) is 4.79 Å². The Bertz CT molecular complexity index is 760. The molecule has 4 heteroatoms. The molecule has 2 saturated heterocycles. The fraction of sp³-hybridized carbons (Fsp3) is 0.381. The highest BCUT2D eigenvalue weighted by Crippen LogP contribution is 2.43. The largest absolute Gasteiger partial charge is 0.388 e. The van der Waals surface area contributed by atoms with Crippen LogP contribution < -0.4 is 5.32 Å². The molecule has 0 radical (unpaired) electrons. The summed E-state index contributed by atoms with van der Waals surface area (Å²) < 4.78 is 13.2. The summed E-state index contributed by atoms with van der Waals surface area (Å²) in [6, 6.07) is 15.2. The molecule has 2 aliphatic rings. The van der Waals surface area contributed by atoms with Gasteiger partial charge in [0.1, 0.15) is 5.82 Å². The van der Waals surface area contributed by atoms with Crippen molar-refractivity contribution in [2.75, 3.05) is 12.4 Å². The summed E-state index contributed by atoms with van der Waals surface area (Å²) in [5.74, 6) is 0.372. The average Bonchev–Trinajstić information content (AvgIpc) is 2.91. The molecular weight excluding hydrogens is 315 g/mol. The molecule has 130 valence electrons. The molecule has 1 amide bonds. The molecule has 2 aromatic carbocycles. The lowest BCUT2D eigenvalue weighted by Crippen LogP contribution is -2.46. The van der Waals surface area contributed by atoms with Crippen LogP contribution in [0.15, 0.2) is 48.5 Å². The maximum atomic E-state index is 13.2. The maximum absolute atomic E-state index is 13.2. The Morgan fingerprint density at radius 2 is 1.76 bits per heavy atom. The number of hydrogen-bond acceptors (Lipinski definition) is 2. The summed E-state index contributed by atoms with van der Waals surface area (Å²) in [4.78, 5) is 15.2. The van der Waals surface area contributed by atoms with Crippen LogP contribution in [0.25, 0.3) is 0 Å². The van der Waals surface area contributed by atoms with E-state index >= 15 is 0 Å². The van der Waals surface area contributed by atoms with Crippen molar-refractivity contribution >= 4 is 11.6 Å². The van der Waals surface area contributed by atoms with Crippen LogP contribution in [-0.2, 0) is 0 Å². The number of carbonyl (C=O) groups excluding carboxylic acids is 1. The molecular formula is C21H23FN2O. The van der Waals surface area contributed by atoms with E-state index in [1.807, 2.05) is 43.4 Å². The summed E-state index contributed by atoms with van der Waals surface area (Å²) in [7, 11) is 1.86. The van der Waals surface area contributed by atoms with Gasteiger partial charge in [-0.15, -0.1) is 0 Å². The minimum Gasteiger partial charge on any atom is -0.388 e. The number of fused-ring (bicyclic) bond motifs is 2. The van der Waals surface area contributed by atoms with Crippen LogP contribution in [0.4, 0.5) is 10.1 Å². The fourth-order valence-corrected chi connectivity index (χ4v) is 4.47. The van der Waals surface area contributed by atoms with E-state index in [0.717, 1.165) is 36.9 Å². The molecule has 3 nitrogen and oxygen atoms in total. The first-order valence-electron chi connectivity index (χ1n) is 9.01. The molecule has 2 heterocycles. The number of amides is 1. The number of halogens is 1. The fourth-order valence-electron chi connectivity index (χ4n) is 4.47. The van der Waals surface area contributed by atoms with Gasteiger partial charge in [-0.25, -0.2) is 4.39 Å². The second-order valence-corrected chi connectivity index (χ2v) is 7.15. The molecule has 2 aromatic rings. The molecule has 25 heavy (non-hydrogen) atoms. The highest BCUT2D eigenvalue weighted by atomic mass is 19.1. The van der Waals surface area contributed by atoms with Crippen LogP contribution in [0.5, 0.6) is 0 Å². The number of hydrogen-bond donors (Lipinski definition) is 1. The van der Waals surface area contributed by atoms with Crippen LogP contribution in [0.3, 0.4) is 0 Å². The second kappa shape index (κ2) is 6.51. The smallest absolute Gasteiger partial charge is 0.254 e. The van der Waals surface area contributed by atoms with Crippen molar-refractivity contribution in [3.05, 3.63) is 65.5 Å². The molecule has 2 aliphatic heterocycles. The monoisotopic (exact) mass is 338 g/mol. The Morgan fingerprint density at radius 1 is 1.08 bits per heavy atom. The van der Waals surface area contributed by atoms with Crippen molar-refractivity contribution < 1.29 is 9.18 Å². The van der Waals surface area contributed by atoms with Gasteiger partial charge in [0, 0.05) is 30.4 Å². The van der Waals surface area contributed by atoms with Gasteiger partial charge in [0.25, 0.3) is 5.91 Å². The van der Waals surface area contributed by atoms with Gasteiger partial charge in [-0.05, 0) is 67.5 Å². The summed E-state index contributed by atoms with van der Waals surface area (Å²) in [6.45, 7) is 0. The number of anilines is 1. The Balaban J connectivity index is 1.54. The summed E-state index contributed by atoms with van der Waals surface area (Å²) in [5, 5.41) is 3.09. The SMILES string of the molecule is CNc1cccc(C(=O)N2[C@@H]3CC[C@H]2CC(c2ccc(F)cc2)C3)c1. The average molecular weight is 338 g/mol. The van der Waals surface area contributed by atoms with Crippen molar-refractivity contribution in [2.24, 2.45) is 0 Å². The van der Waals surface area contributed by atoms with E-state index in [1.54, 1.807) is 0 Å². The first-order valence-corrected chi connectivity index (χ1v) is 9.01. The molecule has 2 fully saturated rings. The van der Waals surface area contributed by atoms with Crippen LogP contribution >= 0.6 is 0 Å². The van der Waals surface area contributed by atoms with Crippen LogP contribution in [0.1, 0.15) is 47.5 Å². The quantitative estimate of drug-likeness (QED) is 0.898. The molecule has 4 rings (SSSR count). The van der Waals surface area contributed by atoms with E-state index in [4.69, 9.17) is 0 Å². The minimum atomic E-state index is -0.191. The first kappa shape index (κ1) is 16.1. The zero-order chi connectivity index (χ0) is 17.4. The zero-order valence-corrected chi connectivity index (χ0v) is 14.4. The van der Waals surface area contributed by atoms with Gasteiger partial charge < -0.3 is 10.2 Å². The Hall–Kier alpha value is -2.36. The summed E-state index contributed by atoms with van der Waals surface area (Å²) >= 11 is 0. The lowest BCUT2D eigenvalue weighted by Gasteiger charge is -2.39. The predicted octanol–water partition coefficient (Wildman–Crippen LogP) is 4.42. The van der Waals surface area contributed by atoms with Gasteiger partial charge in [-0.1, -0.05) is 18.2 Å². The van der Waals surface area contributed by atoms with E-state index in [2.05, 4.69) is 10.2 Å². The van der Waals surface area contributed by atoms with Crippen molar-refractivity contribution in [1.82, 2.24) is 4.90 Å². The second-order valence-electron chi connectivity index (χ2n) is 7.15. The molecule has 0 aromatic heterocycles. The van der Waals surface area contributed by atoms with Gasteiger partial charge in [-0.2, -0.15) is 0 Å².